The van der Waals surface area contributed by atoms with Gasteiger partial charge in [-0.15, -0.1) is 0 Å². The molecule has 0 aliphatic carbocycles. The van der Waals surface area contributed by atoms with Gasteiger partial charge in [0.25, 0.3) is 0 Å². The van der Waals surface area contributed by atoms with E-state index in [1.54, 1.807) is 17.9 Å². The molecule has 20 heavy (non-hydrogen) atoms. The number of aliphatic hydroxyl groups excluding tert-OH is 1. The Bertz CT molecular complexity index is 629. The summed E-state index contributed by atoms with van der Waals surface area (Å²) in [6.07, 6.45) is 0.493. The third-order valence-corrected chi connectivity index (χ3v) is 3.12. The topological polar surface area (TPSA) is 38.0 Å². The van der Waals surface area contributed by atoms with Crippen LogP contribution in [0.3, 0.4) is 0 Å². The second kappa shape index (κ2) is 4.98. The molecule has 0 radical (unpaired) electrons. The minimum atomic E-state index is -1.17. The predicted octanol–water partition coefficient (Wildman–Crippen LogP) is 3.08. The standard InChI is InChI=1S/C15H18F2N2O/c1-15(2,3)14-11(8-19(4)18-14)13(20)10-6-5-9(16)7-12(10)17/h5-8,13,20H,1-4H3. The normalized spacial score (nSPS) is 13.6. The molecular formula is C15H18F2N2O. The predicted molar refractivity (Wildman–Crippen MR) is 72.3 cm³/mol. The second-order valence-corrected chi connectivity index (χ2v) is 5.93. The molecule has 3 nitrogen and oxygen atoms in total. The molecule has 0 saturated carbocycles. The van der Waals surface area contributed by atoms with E-state index in [4.69, 9.17) is 0 Å². The van der Waals surface area contributed by atoms with E-state index in [-0.39, 0.29) is 11.0 Å². The van der Waals surface area contributed by atoms with Crippen LogP contribution in [0.2, 0.25) is 0 Å². The molecule has 1 N–H and O–H groups in total. The van der Waals surface area contributed by atoms with Crippen LogP contribution < -0.4 is 0 Å². The molecule has 1 heterocycles. The first-order valence-corrected chi connectivity index (χ1v) is 6.37. The van der Waals surface area contributed by atoms with E-state index in [1.807, 2.05) is 20.8 Å². The summed E-state index contributed by atoms with van der Waals surface area (Å²) in [5.74, 6) is -1.43. The Kier molecular flexibility index (Phi) is 3.65. The van der Waals surface area contributed by atoms with Gasteiger partial charge in [0.05, 0.1) is 5.69 Å². The molecule has 1 unspecified atom stereocenters. The molecule has 5 heteroatoms. The van der Waals surface area contributed by atoms with Crippen molar-refractivity contribution >= 4 is 0 Å². The van der Waals surface area contributed by atoms with Gasteiger partial charge in [-0.1, -0.05) is 26.8 Å². The van der Waals surface area contributed by atoms with Crippen molar-refractivity contribution in [2.45, 2.75) is 32.3 Å². The maximum atomic E-state index is 13.8. The second-order valence-electron chi connectivity index (χ2n) is 5.93. The Morgan fingerprint density at radius 2 is 1.85 bits per heavy atom. The quantitative estimate of drug-likeness (QED) is 0.918. The van der Waals surface area contributed by atoms with E-state index in [0.717, 1.165) is 12.1 Å². The lowest BCUT2D eigenvalue weighted by Crippen LogP contribution is -2.17. The van der Waals surface area contributed by atoms with Crippen LogP contribution in [0.4, 0.5) is 8.78 Å². The third-order valence-electron chi connectivity index (χ3n) is 3.12. The number of nitrogens with zero attached hydrogens (tertiary/aromatic N) is 2. The van der Waals surface area contributed by atoms with Crippen molar-refractivity contribution in [3.8, 4) is 0 Å². The van der Waals surface area contributed by atoms with Crippen LogP contribution in [0.5, 0.6) is 0 Å². The Labute approximate surface area is 116 Å². The van der Waals surface area contributed by atoms with Crippen LogP contribution in [0, 0.1) is 11.6 Å². The Balaban J connectivity index is 2.51. The van der Waals surface area contributed by atoms with Gasteiger partial charge in [-0.25, -0.2) is 8.78 Å². The summed E-state index contributed by atoms with van der Waals surface area (Å²) >= 11 is 0. The molecule has 2 aromatic rings. The number of aryl methyl sites for hydroxylation is 1. The Hall–Kier alpha value is -1.75. The highest BCUT2D eigenvalue weighted by Gasteiger charge is 2.27. The molecule has 1 atom stereocenters. The first kappa shape index (κ1) is 14.7. The lowest BCUT2D eigenvalue weighted by Gasteiger charge is -2.20. The van der Waals surface area contributed by atoms with E-state index < -0.39 is 17.7 Å². The summed E-state index contributed by atoms with van der Waals surface area (Å²) in [5.41, 5.74) is 0.986. The van der Waals surface area contributed by atoms with Gasteiger partial charge in [0, 0.05) is 35.9 Å². The van der Waals surface area contributed by atoms with Gasteiger partial charge in [0.1, 0.15) is 17.7 Å². The van der Waals surface area contributed by atoms with Crippen molar-refractivity contribution < 1.29 is 13.9 Å². The molecule has 1 aromatic carbocycles. The van der Waals surface area contributed by atoms with Crippen molar-refractivity contribution in [2.24, 2.45) is 7.05 Å². The zero-order chi connectivity index (χ0) is 15.1. The Morgan fingerprint density at radius 1 is 1.20 bits per heavy atom. The van der Waals surface area contributed by atoms with Crippen LogP contribution in [0.25, 0.3) is 0 Å². The van der Waals surface area contributed by atoms with Gasteiger partial charge >= 0.3 is 0 Å². The minimum Gasteiger partial charge on any atom is -0.383 e. The van der Waals surface area contributed by atoms with Gasteiger partial charge in [0.15, 0.2) is 0 Å². The maximum absolute atomic E-state index is 13.8. The van der Waals surface area contributed by atoms with E-state index in [1.165, 1.54) is 6.07 Å². The van der Waals surface area contributed by atoms with Crippen molar-refractivity contribution in [1.29, 1.82) is 0 Å². The van der Waals surface area contributed by atoms with E-state index in [0.29, 0.717) is 11.3 Å². The van der Waals surface area contributed by atoms with Crippen molar-refractivity contribution in [2.75, 3.05) is 0 Å². The number of hydrogen-bond acceptors (Lipinski definition) is 2. The molecule has 0 fully saturated rings. The maximum Gasteiger partial charge on any atom is 0.132 e. The van der Waals surface area contributed by atoms with Crippen LogP contribution in [-0.4, -0.2) is 14.9 Å². The highest BCUT2D eigenvalue weighted by molar-refractivity contribution is 5.35. The van der Waals surface area contributed by atoms with E-state index in [2.05, 4.69) is 5.10 Å². The molecule has 1 aromatic heterocycles. The number of halogens is 2. The van der Waals surface area contributed by atoms with E-state index >= 15 is 0 Å². The average Bonchev–Trinajstić information content (AvgIpc) is 2.70. The molecule has 0 amide bonds. The molecular weight excluding hydrogens is 262 g/mol. The van der Waals surface area contributed by atoms with Gasteiger partial charge < -0.3 is 5.11 Å². The number of rotatable bonds is 2. The van der Waals surface area contributed by atoms with Gasteiger partial charge in [0.2, 0.25) is 0 Å². The van der Waals surface area contributed by atoms with Crippen LogP contribution in [0.15, 0.2) is 24.4 Å². The van der Waals surface area contributed by atoms with Crippen molar-refractivity contribution in [1.82, 2.24) is 9.78 Å². The summed E-state index contributed by atoms with van der Waals surface area (Å²) in [6.45, 7) is 5.89. The SMILES string of the molecule is Cn1cc(C(O)c2ccc(F)cc2F)c(C(C)(C)C)n1. The third kappa shape index (κ3) is 2.72. The summed E-state index contributed by atoms with van der Waals surface area (Å²) in [7, 11) is 1.74. The lowest BCUT2D eigenvalue weighted by molar-refractivity contribution is 0.212. The van der Waals surface area contributed by atoms with Crippen LogP contribution in [-0.2, 0) is 12.5 Å². The summed E-state index contributed by atoms with van der Waals surface area (Å²) in [5, 5.41) is 14.7. The fourth-order valence-corrected chi connectivity index (χ4v) is 2.18. The van der Waals surface area contributed by atoms with Crippen LogP contribution >= 0.6 is 0 Å². The number of aromatic nitrogens is 2. The average molecular weight is 280 g/mol. The van der Waals surface area contributed by atoms with Gasteiger partial charge in [-0.05, 0) is 6.07 Å². The van der Waals surface area contributed by atoms with E-state index in [9.17, 15) is 13.9 Å². The summed E-state index contributed by atoms with van der Waals surface area (Å²) in [4.78, 5) is 0. The smallest absolute Gasteiger partial charge is 0.132 e. The molecule has 0 saturated heterocycles. The number of hydrogen-bond donors (Lipinski definition) is 1. The molecule has 0 aliphatic heterocycles. The largest absolute Gasteiger partial charge is 0.383 e. The molecule has 0 aliphatic rings. The molecule has 0 spiro atoms. The van der Waals surface area contributed by atoms with Crippen molar-refractivity contribution in [3.63, 3.8) is 0 Å². The summed E-state index contributed by atoms with van der Waals surface area (Å²) in [6, 6.07) is 3.16. The fourth-order valence-electron chi connectivity index (χ4n) is 2.18. The zero-order valence-electron chi connectivity index (χ0n) is 12.0. The highest BCUT2D eigenvalue weighted by atomic mass is 19.1. The number of aliphatic hydroxyl groups is 1. The van der Waals surface area contributed by atoms with Gasteiger partial charge in [-0.3, -0.25) is 4.68 Å². The van der Waals surface area contributed by atoms with Gasteiger partial charge in [-0.2, -0.15) is 5.10 Å². The first-order chi connectivity index (χ1) is 9.20. The van der Waals surface area contributed by atoms with Crippen molar-refractivity contribution in [3.05, 3.63) is 52.9 Å². The zero-order valence-corrected chi connectivity index (χ0v) is 12.0. The molecule has 108 valence electrons. The highest BCUT2D eigenvalue weighted by Crippen LogP contribution is 2.32. The number of benzene rings is 1. The summed E-state index contributed by atoms with van der Waals surface area (Å²) < 4.78 is 28.3. The lowest BCUT2D eigenvalue weighted by atomic mass is 9.87. The monoisotopic (exact) mass is 280 g/mol. The Morgan fingerprint density at radius 3 is 2.40 bits per heavy atom. The van der Waals surface area contributed by atoms with Crippen LogP contribution in [0.1, 0.15) is 43.7 Å². The minimum absolute atomic E-state index is 0.0462. The fraction of sp³-hybridized carbons (Fsp3) is 0.400. The molecule has 2 rings (SSSR count). The first-order valence-electron chi connectivity index (χ1n) is 6.37. The molecule has 0 bridgehead atoms.